The molecule has 1 aliphatic rings. The number of hydrogen-bond acceptors (Lipinski definition) is 5. The van der Waals surface area contributed by atoms with Crippen LogP contribution in [-0.2, 0) is 4.79 Å². The molecule has 3 aromatic rings. The highest BCUT2D eigenvalue weighted by Crippen LogP contribution is 2.36. The lowest BCUT2D eigenvalue weighted by Gasteiger charge is -2.15. The van der Waals surface area contributed by atoms with E-state index in [9.17, 15) is 14.0 Å². The highest BCUT2D eigenvalue weighted by Gasteiger charge is 2.33. The number of anilines is 3. The second kappa shape index (κ2) is 9.56. The highest BCUT2D eigenvalue weighted by molar-refractivity contribution is 8.27. The van der Waals surface area contributed by atoms with E-state index in [1.165, 1.54) is 40.9 Å². The quantitative estimate of drug-likeness (QED) is 0.386. The summed E-state index contributed by atoms with van der Waals surface area (Å²) < 4.78 is 13.5. The molecule has 166 valence electrons. The van der Waals surface area contributed by atoms with Gasteiger partial charge in [0, 0.05) is 31.0 Å². The van der Waals surface area contributed by atoms with Crippen LogP contribution >= 0.6 is 24.0 Å². The van der Waals surface area contributed by atoms with Crippen molar-refractivity contribution in [2.75, 3.05) is 29.2 Å². The summed E-state index contributed by atoms with van der Waals surface area (Å²) in [5, 5.41) is 2.72. The van der Waals surface area contributed by atoms with Gasteiger partial charge in [-0.05, 0) is 66.2 Å². The predicted molar refractivity (Wildman–Crippen MR) is 137 cm³/mol. The van der Waals surface area contributed by atoms with Crippen LogP contribution in [0.3, 0.4) is 0 Å². The van der Waals surface area contributed by atoms with Gasteiger partial charge in [0.05, 0.1) is 10.6 Å². The van der Waals surface area contributed by atoms with E-state index in [1.54, 1.807) is 24.3 Å². The van der Waals surface area contributed by atoms with Gasteiger partial charge in [-0.2, -0.15) is 0 Å². The molecule has 0 bridgehead atoms. The number of nitrogens with one attached hydrogen (secondary N) is 1. The molecule has 5 nitrogen and oxygen atoms in total. The second-order valence-electron chi connectivity index (χ2n) is 7.51. The second-order valence-corrected chi connectivity index (χ2v) is 9.19. The fourth-order valence-electron chi connectivity index (χ4n) is 3.23. The molecule has 0 aliphatic carbocycles. The molecule has 1 N–H and O–H groups in total. The monoisotopic (exact) mass is 477 g/mol. The van der Waals surface area contributed by atoms with E-state index < -0.39 is 0 Å². The van der Waals surface area contributed by atoms with Crippen LogP contribution in [0.15, 0.2) is 77.7 Å². The molecule has 0 spiro atoms. The Balaban J connectivity index is 1.54. The average molecular weight is 478 g/mol. The third-order valence-electron chi connectivity index (χ3n) is 4.97. The molecule has 33 heavy (non-hydrogen) atoms. The van der Waals surface area contributed by atoms with Crippen molar-refractivity contribution in [3.63, 3.8) is 0 Å². The van der Waals surface area contributed by atoms with Gasteiger partial charge < -0.3 is 10.2 Å². The van der Waals surface area contributed by atoms with Gasteiger partial charge in [0.15, 0.2) is 4.32 Å². The van der Waals surface area contributed by atoms with E-state index in [-0.39, 0.29) is 17.6 Å². The third kappa shape index (κ3) is 5.13. The molecule has 1 heterocycles. The van der Waals surface area contributed by atoms with Gasteiger partial charge in [-0.1, -0.05) is 42.2 Å². The smallest absolute Gasteiger partial charge is 0.270 e. The van der Waals surface area contributed by atoms with Crippen LogP contribution in [0.25, 0.3) is 6.08 Å². The molecule has 0 saturated carbocycles. The van der Waals surface area contributed by atoms with Crippen LogP contribution in [0, 0.1) is 5.82 Å². The molecule has 0 atom stereocenters. The Morgan fingerprint density at radius 3 is 2.42 bits per heavy atom. The van der Waals surface area contributed by atoms with Crippen LogP contribution in [0.1, 0.15) is 15.9 Å². The SMILES string of the molecule is CN(C)c1ccc(/C=C2/SC(=S)N(c3cccc(C(=O)Nc4ccc(F)cc4)c3)C2=O)cc1. The van der Waals surface area contributed by atoms with Crippen molar-refractivity contribution < 1.29 is 14.0 Å². The van der Waals surface area contributed by atoms with Crippen LogP contribution in [0.5, 0.6) is 0 Å². The lowest BCUT2D eigenvalue weighted by Crippen LogP contribution is -2.27. The molecule has 4 rings (SSSR count). The molecule has 0 unspecified atom stereocenters. The molecule has 0 radical (unpaired) electrons. The minimum absolute atomic E-state index is 0.238. The number of carbonyl (C=O) groups is 2. The molecule has 0 aromatic heterocycles. The summed E-state index contributed by atoms with van der Waals surface area (Å²) in [5.74, 6) is -0.991. The summed E-state index contributed by atoms with van der Waals surface area (Å²) >= 11 is 6.68. The van der Waals surface area contributed by atoms with E-state index in [0.717, 1.165) is 11.3 Å². The van der Waals surface area contributed by atoms with E-state index in [2.05, 4.69) is 5.32 Å². The summed E-state index contributed by atoms with van der Waals surface area (Å²) in [7, 11) is 3.93. The van der Waals surface area contributed by atoms with Gasteiger partial charge >= 0.3 is 0 Å². The zero-order chi connectivity index (χ0) is 23.5. The number of thioether (sulfide) groups is 1. The van der Waals surface area contributed by atoms with Crippen LogP contribution < -0.4 is 15.1 Å². The van der Waals surface area contributed by atoms with Crippen molar-refractivity contribution >= 4 is 63.3 Å². The molecule has 8 heteroatoms. The number of hydrogen-bond donors (Lipinski definition) is 1. The third-order valence-corrected chi connectivity index (χ3v) is 6.27. The first-order valence-electron chi connectivity index (χ1n) is 10.0. The summed E-state index contributed by atoms with van der Waals surface area (Å²) in [5.41, 5.74) is 3.30. The van der Waals surface area contributed by atoms with E-state index in [1.807, 2.05) is 49.3 Å². The standard InChI is InChI=1S/C25H20FN3O2S2/c1-28(2)20-12-6-16(7-13-20)14-22-24(31)29(25(32)33-22)21-5-3-4-17(15-21)23(30)27-19-10-8-18(26)9-11-19/h3-15H,1-2H3,(H,27,30)/b22-14+. The first-order chi connectivity index (χ1) is 15.8. The summed E-state index contributed by atoms with van der Waals surface area (Å²) in [6, 6.07) is 20.0. The number of thiocarbonyl (C=S) groups is 1. The van der Waals surface area contributed by atoms with E-state index in [0.29, 0.717) is 26.2 Å². The Hall–Kier alpha value is -3.49. The predicted octanol–water partition coefficient (Wildman–Crippen LogP) is 5.55. The van der Waals surface area contributed by atoms with Gasteiger partial charge in [-0.25, -0.2) is 4.39 Å². The summed E-state index contributed by atoms with van der Waals surface area (Å²) in [4.78, 5) is 29.7. The Kier molecular flexibility index (Phi) is 6.57. The van der Waals surface area contributed by atoms with E-state index >= 15 is 0 Å². The summed E-state index contributed by atoms with van der Waals surface area (Å²) in [6.07, 6.45) is 1.81. The first kappa shape index (κ1) is 22.7. The Labute approximate surface area is 200 Å². The van der Waals surface area contributed by atoms with Gasteiger partial charge in [-0.15, -0.1) is 0 Å². The minimum atomic E-state index is -0.383. The summed E-state index contributed by atoms with van der Waals surface area (Å²) in [6.45, 7) is 0. The van der Waals surface area contributed by atoms with Gasteiger partial charge in [0.1, 0.15) is 5.82 Å². The zero-order valence-electron chi connectivity index (χ0n) is 17.9. The van der Waals surface area contributed by atoms with Crippen molar-refractivity contribution in [3.05, 3.63) is 94.6 Å². The molecular formula is C25H20FN3O2S2. The van der Waals surface area contributed by atoms with Crippen molar-refractivity contribution in [2.24, 2.45) is 0 Å². The first-order valence-corrected chi connectivity index (χ1v) is 11.3. The lowest BCUT2D eigenvalue weighted by atomic mass is 10.1. The van der Waals surface area contributed by atoms with E-state index in [4.69, 9.17) is 12.2 Å². The molecule has 1 saturated heterocycles. The maximum Gasteiger partial charge on any atom is 0.270 e. The fraction of sp³-hybridized carbons (Fsp3) is 0.0800. The van der Waals surface area contributed by atoms with Crippen molar-refractivity contribution in [3.8, 4) is 0 Å². The highest BCUT2D eigenvalue weighted by atomic mass is 32.2. The van der Waals surface area contributed by atoms with Gasteiger partial charge in [0.2, 0.25) is 0 Å². The number of halogens is 1. The maximum atomic E-state index is 13.1. The topological polar surface area (TPSA) is 52.6 Å². The maximum absolute atomic E-state index is 13.1. The molecule has 1 aliphatic heterocycles. The van der Waals surface area contributed by atoms with Crippen LogP contribution in [0.2, 0.25) is 0 Å². The van der Waals surface area contributed by atoms with Crippen LogP contribution in [0.4, 0.5) is 21.5 Å². The lowest BCUT2D eigenvalue weighted by molar-refractivity contribution is -0.113. The van der Waals surface area contributed by atoms with Gasteiger partial charge in [0.25, 0.3) is 11.8 Å². The normalized spacial score (nSPS) is 14.6. The number of nitrogens with zero attached hydrogens (tertiary/aromatic N) is 2. The molecule has 2 amide bonds. The minimum Gasteiger partial charge on any atom is -0.378 e. The fourth-order valence-corrected chi connectivity index (χ4v) is 4.53. The zero-order valence-corrected chi connectivity index (χ0v) is 19.5. The van der Waals surface area contributed by atoms with Crippen molar-refractivity contribution in [2.45, 2.75) is 0 Å². The van der Waals surface area contributed by atoms with Crippen LogP contribution in [-0.4, -0.2) is 30.2 Å². The largest absolute Gasteiger partial charge is 0.378 e. The molecule has 1 fully saturated rings. The Bertz CT molecular complexity index is 1260. The number of rotatable bonds is 5. The molecule has 3 aromatic carbocycles. The Morgan fingerprint density at radius 2 is 1.76 bits per heavy atom. The number of carbonyl (C=O) groups excluding carboxylic acids is 2. The van der Waals surface area contributed by atoms with Gasteiger partial charge in [-0.3, -0.25) is 14.5 Å². The van der Waals surface area contributed by atoms with Crippen molar-refractivity contribution in [1.82, 2.24) is 0 Å². The molecular weight excluding hydrogens is 457 g/mol. The Morgan fingerprint density at radius 1 is 1.06 bits per heavy atom. The van der Waals surface area contributed by atoms with Crippen molar-refractivity contribution in [1.29, 1.82) is 0 Å². The average Bonchev–Trinajstić information content (AvgIpc) is 3.08. The number of benzene rings is 3. The number of amides is 2.